The van der Waals surface area contributed by atoms with Gasteiger partial charge >= 0.3 is 0 Å². The minimum absolute atomic E-state index is 0.0924. The SMILES string of the molecule is CCCCCCCCCCCCC.CN1/C(=C/C=C2CCCC(/C=C/C3=[N+](C)c4ccc([N+](=O)[O-])cc4C3(C)C)=C2Cl)C(C)(C)c2cc([N+](=O)[O-])ccc21.CS(=O)(=O)[O-].CS(=O)(=O)[O-].c1ccc(Oc2ccccc2)cc1. The lowest BCUT2D eigenvalue weighted by molar-refractivity contribution is -0.402. The number of nitro benzene ring substituents is 2. The molecule has 1 aliphatic carbocycles. The second kappa shape index (κ2) is 30.8. The van der Waals surface area contributed by atoms with Gasteiger partial charge in [0.1, 0.15) is 18.5 Å². The molecule has 2 aliphatic heterocycles. The van der Waals surface area contributed by atoms with Crippen LogP contribution >= 0.6 is 11.6 Å². The van der Waals surface area contributed by atoms with Crippen LogP contribution in [0.3, 0.4) is 0 Å². The van der Waals surface area contributed by atoms with Gasteiger partial charge in [-0.1, -0.05) is 158 Å². The Morgan fingerprint density at radius 3 is 1.55 bits per heavy atom. The number of allylic oxidation sites excluding steroid dienone is 8. The van der Waals surface area contributed by atoms with E-state index in [9.17, 15) is 20.2 Å². The number of anilines is 1. The molecule has 0 N–H and O–H groups in total. The van der Waals surface area contributed by atoms with Crippen LogP contribution in [0.4, 0.5) is 22.7 Å². The van der Waals surface area contributed by atoms with Crippen LogP contribution in [0, 0.1) is 20.2 Å². The van der Waals surface area contributed by atoms with Gasteiger partial charge in [0.15, 0.2) is 5.71 Å². The van der Waals surface area contributed by atoms with Crippen LogP contribution < -0.4 is 9.64 Å². The monoisotopic (exact) mass is 1120 g/mol. The fourth-order valence-corrected chi connectivity index (χ4v) is 9.61. The molecule has 0 bridgehead atoms. The Labute approximate surface area is 462 Å². The summed E-state index contributed by atoms with van der Waals surface area (Å²) in [7, 11) is -3.86. The molecular weight excluding hydrogens is 1040 g/mol. The first-order valence-corrected chi connectivity index (χ1v) is 30.1. The van der Waals surface area contributed by atoms with E-state index >= 15 is 0 Å². The third kappa shape index (κ3) is 21.8. The van der Waals surface area contributed by atoms with Crippen molar-refractivity contribution in [3.8, 4) is 11.5 Å². The summed E-state index contributed by atoms with van der Waals surface area (Å²) >= 11 is 6.97. The molecule has 7 rings (SSSR count). The van der Waals surface area contributed by atoms with Crippen molar-refractivity contribution in [2.24, 2.45) is 0 Å². The molecule has 77 heavy (non-hydrogen) atoms. The number of nitrogens with zero attached hydrogens (tertiary/aromatic N) is 4. The van der Waals surface area contributed by atoms with Crippen LogP contribution in [0.25, 0.3) is 0 Å². The second-order valence-electron chi connectivity index (χ2n) is 20.3. The van der Waals surface area contributed by atoms with Crippen molar-refractivity contribution in [1.82, 2.24) is 0 Å². The zero-order valence-corrected chi connectivity index (χ0v) is 48.8. The molecule has 0 aromatic heterocycles. The summed E-state index contributed by atoms with van der Waals surface area (Å²) in [4.78, 5) is 24.1. The molecular formula is C59H78ClN4O11S2-. The zero-order chi connectivity index (χ0) is 57.6. The molecule has 0 spiro atoms. The number of fused-ring (bicyclic) bond motifs is 2. The predicted molar refractivity (Wildman–Crippen MR) is 310 cm³/mol. The smallest absolute Gasteiger partial charge is 0.270 e. The van der Waals surface area contributed by atoms with Gasteiger partial charge in [-0.05, 0) is 86.2 Å². The van der Waals surface area contributed by atoms with Crippen LogP contribution in [-0.2, 0) is 31.1 Å². The normalized spacial score (nSPS) is 16.2. The Hall–Kier alpha value is -5.98. The number of benzene rings is 4. The maximum Gasteiger partial charge on any atom is 0.270 e. The van der Waals surface area contributed by atoms with Gasteiger partial charge in [0.05, 0.1) is 35.5 Å². The van der Waals surface area contributed by atoms with E-state index in [0.29, 0.717) is 12.5 Å². The average Bonchev–Trinajstić information content (AvgIpc) is 3.69. The quantitative estimate of drug-likeness (QED) is 0.0317. The van der Waals surface area contributed by atoms with Crippen molar-refractivity contribution in [1.29, 1.82) is 0 Å². The molecule has 4 aromatic rings. The lowest BCUT2D eigenvalue weighted by Crippen LogP contribution is -2.26. The number of non-ortho nitro benzene ring substituents is 2. The Morgan fingerprint density at radius 2 is 1.09 bits per heavy atom. The highest BCUT2D eigenvalue weighted by Crippen LogP contribution is 2.48. The topological polar surface area (TPSA) is 216 Å². The van der Waals surface area contributed by atoms with E-state index in [0.717, 1.165) is 80.9 Å². The van der Waals surface area contributed by atoms with E-state index < -0.39 is 31.1 Å². The van der Waals surface area contributed by atoms with Gasteiger partial charge < -0.3 is 18.7 Å². The standard InChI is InChI=1S/C32H34ClN4O4.C13H28.C12H10O.2CH4O3S/c1-31(2)24-18-22(36(38)39)12-14-26(24)34(5)28(31)16-10-20-8-7-9-21(30(20)33)11-17-29-32(3,4)25-19-23(37(40)41)13-15-27(25)35(29)6;1-3-5-7-9-11-13-12-10-8-6-4-2;1-3-7-11(8-4-1)13-12-9-5-2-6-10-12;2*1-5(2,3)4/h10-19H,7-9H2,1-6H3;3-13H2,1-2H3;1-10H;2*1H3,(H,2,3,4)/q+1;;;;/p-2. The van der Waals surface area contributed by atoms with Gasteiger partial charge in [-0.15, -0.1) is 0 Å². The van der Waals surface area contributed by atoms with Gasteiger partial charge in [-0.3, -0.25) is 20.2 Å². The van der Waals surface area contributed by atoms with Gasteiger partial charge in [-0.2, -0.15) is 4.58 Å². The molecule has 4 aromatic carbocycles. The van der Waals surface area contributed by atoms with E-state index in [1.807, 2.05) is 86.9 Å². The number of likely N-dealkylation sites (N-methyl/N-ethyl adjacent to an activating group) is 1. The lowest BCUT2D eigenvalue weighted by Gasteiger charge is -2.24. The second-order valence-corrected chi connectivity index (χ2v) is 23.5. The van der Waals surface area contributed by atoms with Crippen LogP contribution in [0.1, 0.15) is 143 Å². The first kappa shape index (κ1) is 65.3. The first-order chi connectivity index (χ1) is 36.1. The van der Waals surface area contributed by atoms with Gasteiger partial charge in [0, 0.05) is 83.4 Å². The molecule has 0 saturated heterocycles. The van der Waals surface area contributed by atoms with Crippen molar-refractivity contribution >= 4 is 60.3 Å². The fourth-order valence-electron chi connectivity index (χ4n) is 9.29. The lowest BCUT2D eigenvalue weighted by atomic mass is 9.81. The van der Waals surface area contributed by atoms with Crippen LogP contribution in [0.2, 0.25) is 0 Å². The van der Waals surface area contributed by atoms with Crippen molar-refractivity contribution in [2.75, 3.05) is 31.5 Å². The summed E-state index contributed by atoms with van der Waals surface area (Å²) in [5.74, 6) is 1.74. The number of halogens is 1. The maximum atomic E-state index is 11.4. The summed E-state index contributed by atoms with van der Waals surface area (Å²) < 4.78 is 62.1. The van der Waals surface area contributed by atoms with Gasteiger partial charge in [-0.25, -0.2) is 16.8 Å². The number of hydrogen-bond donors (Lipinski definition) is 0. The largest absolute Gasteiger partial charge is 0.748 e. The maximum absolute atomic E-state index is 11.4. The van der Waals surface area contributed by atoms with Crippen LogP contribution in [-0.4, -0.2) is 72.7 Å². The van der Waals surface area contributed by atoms with Crippen molar-refractivity contribution in [3.63, 3.8) is 0 Å². The molecule has 18 heteroatoms. The molecule has 15 nitrogen and oxygen atoms in total. The number of nitro groups is 2. The molecule has 0 unspecified atom stereocenters. The third-order valence-corrected chi connectivity index (χ3v) is 13.7. The number of para-hydroxylation sites is 2. The fraction of sp³-hybridized carbons (Fsp3) is 0.441. The summed E-state index contributed by atoms with van der Waals surface area (Å²) in [6.07, 6.45) is 28.2. The number of ether oxygens (including phenoxy) is 1. The summed E-state index contributed by atoms with van der Waals surface area (Å²) in [5.41, 5.74) is 7.37. The third-order valence-electron chi connectivity index (χ3n) is 13.2. The first-order valence-electron chi connectivity index (χ1n) is 26.1. The van der Waals surface area contributed by atoms with E-state index in [2.05, 4.69) is 75.3 Å². The number of unbranched alkanes of at least 4 members (excludes halogenated alkanes) is 10. The highest BCUT2D eigenvalue weighted by Gasteiger charge is 2.44. The Morgan fingerprint density at radius 1 is 0.649 bits per heavy atom. The van der Waals surface area contributed by atoms with Crippen LogP contribution in [0.5, 0.6) is 11.5 Å². The molecule has 0 amide bonds. The molecule has 0 fully saturated rings. The van der Waals surface area contributed by atoms with Gasteiger partial charge in [0.2, 0.25) is 5.69 Å². The number of hydrogen-bond acceptors (Lipinski definition) is 12. The average molecular weight is 1120 g/mol. The zero-order valence-electron chi connectivity index (χ0n) is 46.4. The van der Waals surface area contributed by atoms with Gasteiger partial charge in [0.25, 0.3) is 11.4 Å². The minimum atomic E-state index is -3.92. The molecule has 0 radical (unpaired) electrons. The van der Waals surface area contributed by atoms with Crippen molar-refractivity contribution in [3.05, 3.63) is 175 Å². The summed E-state index contributed by atoms with van der Waals surface area (Å²) in [5, 5.41) is 23.5. The number of rotatable bonds is 17. The van der Waals surface area contributed by atoms with E-state index in [1.165, 1.54) is 70.6 Å². The minimum Gasteiger partial charge on any atom is -0.748 e. The van der Waals surface area contributed by atoms with Crippen molar-refractivity contribution < 1.29 is 45.1 Å². The van der Waals surface area contributed by atoms with Crippen molar-refractivity contribution in [2.45, 2.75) is 142 Å². The molecule has 3 aliphatic rings. The summed E-state index contributed by atoms with van der Waals surface area (Å²) in [6.45, 7) is 12.9. The van der Waals surface area contributed by atoms with Crippen LogP contribution in [0.15, 0.2) is 143 Å². The predicted octanol–water partition coefficient (Wildman–Crippen LogP) is 15.1. The Balaban J connectivity index is 0.000000349. The Kier molecular flexibility index (Phi) is 26.1. The van der Waals surface area contributed by atoms with E-state index in [-0.39, 0.29) is 21.2 Å². The molecule has 2 heterocycles. The molecule has 0 saturated carbocycles. The van der Waals surface area contributed by atoms with E-state index in [1.54, 1.807) is 24.3 Å². The van der Waals surface area contributed by atoms with E-state index in [4.69, 9.17) is 42.3 Å². The highest BCUT2D eigenvalue weighted by atomic mass is 35.5. The summed E-state index contributed by atoms with van der Waals surface area (Å²) in [6, 6.07) is 29.6. The Bertz CT molecular complexity index is 2890. The highest BCUT2D eigenvalue weighted by molar-refractivity contribution is 7.85. The molecule has 420 valence electrons. The molecule has 0 atom stereocenters.